The van der Waals surface area contributed by atoms with Crippen molar-refractivity contribution in [3.8, 4) is 0 Å². The van der Waals surface area contributed by atoms with Gasteiger partial charge in [0.15, 0.2) is 0 Å². The second-order valence-corrected chi connectivity index (χ2v) is 8.59. The van der Waals surface area contributed by atoms with Gasteiger partial charge in [-0.3, -0.25) is 0 Å². The smallest absolute Gasteiger partial charge is 0.217 e. The summed E-state index contributed by atoms with van der Waals surface area (Å²) in [6, 6.07) is 0. The monoisotopic (exact) mass is 426 g/mol. The lowest BCUT2D eigenvalue weighted by Gasteiger charge is -2.32. The van der Waals surface area contributed by atoms with Crippen LogP contribution in [0, 0.1) is 0 Å². The van der Waals surface area contributed by atoms with E-state index in [1.165, 1.54) is 0 Å². The molecule has 0 saturated carbocycles. The minimum atomic E-state index is -0.769. The van der Waals surface area contributed by atoms with Gasteiger partial charge in [-0.25, -0.2) is 19.6 Å². The minimum Gasteiger partial charge on any atom is -0.382 e. The van der Waals surface area contributed by atoms with E-state index in [-0.39, 0.29) is 0 Å². The molecule has 0 spiro atoms. The molecule has 9 nitrogen and oxygen atoms in total. The molecule has 29 heavy (non-hydrogen) atoms. The van der Waals surface area contributed by atoms with Crippen molar-refractivity contribution >= 4 is 0 Å². The lowest BCUT2D eigenvalue weighted by atomic mass is 10.2. The van der Waals surface area contributed by atoms with Crippen molar-refractivity contribution in [1.82, 2.24) is 0 Å². The molecule has 0 aliphatic carbocycles. The first-order valence-electron chi connectivity index (χ1n) is 9.95. The molecule has 0 saturated heterocycles. The van der Waals surface area contributed by atoms with Crippen LogP contribution in [0.3, 0.4) is 0 Å². The summed E-state index contributed by atoms with van der Waals surface area (Å²) in [6.07, 6.45) is -2.52. The summed E-state index contributed by atoms with van der Waals surface area (Å²) in [6.45, 7) is 16.4. The first-order valence-corrected chi connectivity index (χ1v) is 9.95. The van der Waals surface area contributed by atoms with Gasteiger partial charge >= 0.3 is 0 Å². The van der Waals surface area contributed by atoms with Crippen molar-refractivity contribution in [2.75, 3.05) is 40.6 Å². The van der Waals surface area contributed by atoms with Gasteiger partial charge in [-0.1, -0.05) is 0 Å². The van der Waals surface area contributed by atoms with Crippen LogP contribution in [0.4, 0.5) is 0 Å². The zero-order chi connectivity index (χ0) is 22.5. The number of hydrogen-bond donors (Lipinski definition) is 0. The Bertz CT molecular complexity index is 356. The van der Waals surface area contributed by atoms with Crippen molar-refractivity contribution in [3.05, 3.63) is 0 Å². The molecule has 0 heterocycles. The summed E-state index contributed by atoms with van der Waals surface area (Å²) in [7, 11) is 3.20. The standard InChI is InChI=1S/C20H42O9/c1-15(17(23-13-11-21-9)26-28-19(3,4)5)25-16(2)18(24-14-12-22-10)27-29-20(6,7)8/h15-18H,11-14H2,1-10H3. The molecule has 4 unspecified atom stereocenters. The van der Waals surface area contributed by atoms with Crippen LogP contribution in [-0.2, 0) is 43.2 Å². The largest absolute Gasteiger partial charge is 0.382 e. The van der Waals surface area contributed by atoms with E-state index in [2.05, 4.69) is 0 Å². The highest BCUT2D eigenvalue weighted by atomic mass is 17.2. The molecule has 0 amide bonds. The van der Waals surface area contributed by atoms with Gasteiger partial charge in [0, 0.05) is 14.2 Å². The van der Waals surface area contributed by atoms with Crippen LogP contribution < -0.4 is 0 Å². The second-order valence-electron chi connectivity index (χ2n) is 8.59. The molecule has 176 valence electrons. The number of rotatable bonds is 16. The maximum absolute atomic E-state index is 6.02. The minimum absolute atomic E-state index is 0.328. The SMILES string of the molecule is COCCOC(OOC(C)(C)C)C(C)OC(C)C(OCCOC)OOC(C)(C)C. The van der Waals surface area contributed by atoms with E-state index in [0.717, 1.165) is 0 Å². The van der Waals surface area contributed by atoms with Crippen LogP contribution in [0.1, 0.15) is 55.4 Å². The molecule has 0 rings (SSSR count). The van der Waals surface area contributed by atoms with Crippen LogP contribution in [-0.4, -0.2) is 76.6 Å². The van der Waals surface area contributed by atoms with E-state index in [0.29, 0.717) is 26.4 Å². The highest BCUT2D eigenvalue weighted by molar-refractivity contribution is 4.64. The molecule has 0 aromatic heterocycles. The lowest BCUT2D eigenvalue weighted by molar-refractivity contribution is -0.446. The van der Waals surface area contributed by atoms with Crippen molar-refractivity contribution < 1.29 is 43.2 Å². The summed E-state index contributed by atoms with van der Waals surface area (Å²) in [5, 5.41) is 0. The van der Waals surface area contributed by atoms with Crippen LogP contribution in [0.15, 0.2) is 0 Å². The number of ether oxygens (including phenoxy) is 5. The quantitative estimate of drug-likeness (QED) is 0.160. The number of hydrogen-bond acceptors (Lipinski definition) is 9. The highest BCUT2D eigenvalue weighted by Gasteiger charge is 2.30. The topological polar surface area (TPSA) is 83.1 Å². The van der Waals surface area contributed by atoms with E-state index in [4.69, 9.17) is 43.2 Å². The lowest BCUT2D eigenvalue weighted by Crippen LogP contribution is -2.42. The third kappa shape index (κ3) is 16.1. The third-order valence-corrected chi connectivity index (χ3v) is 3.12. The van der Waals surface area contributed by atoms with E-state index in [1.54, 1.807) is 14.2 Å². The van der Waals surface area contributed by atoms with E-state index >= 15 is 0 Å². The van der Waals surface area contributed by atoms with E-state index in [9.17, 15) is 0 Å². The average Bonchev–Trinajstić information content (AvgIpc) is 2.58. The fraction of sp³-hybridized carbons (Fsp3) is 1.00. The molecule has 0 aliphatic heterocycles. The Morgan fingerprint density at radius 2 is 0.931 bits per heavy atom. The van der Waals surface area contributed by atoms with Gasteiger partial charge in [0.25, 0.3) is 0 Å². The van der Waals surface area contributed by atoms with Gasteiger partial charge in [-0.05, 0) is 55.4 Å². The molecule has 0 aliphatic rings. The normalized spacial score (nSPS) is 17.2. The van der Waals surface area contributed by atoms with Crippen LogP contribution in [0.25, 0.3) is 0 Å². The van der Waals surface area contributed by atoms with Crippen LogP contribution >= 0.6 is 0 Å². The molecule has 0 aromatic rings. The maximum atomic E-state index is 6.02. The van der Waals surface area contributed by atoms with Gasteiger partial charge in [0.05, 0.1) is 37.6 Å². The van der Waals surface area contributed by atoms with Gasteiger partial charge in [-0.15, -0.1) is 0 Å². The van der Waals surface area contributed by atoms with Gasteiger partial charge in [0.2, 0.25) is 12.6 Å². The predicted octanol–water partition coefficient (Wildman–Crippen LogP) is 3.25. The van der Waals surface area contributed by atoms with Crippen LogP contribution in [0.2, 0.25) is 0 Å². The molecule has 0 radical (unpaired) electrons. The van der Waals surface area contributed by atoms with Gasteiger partial charge in [0.1, 0.15) is 12.2 Å². The van der Waals surface area contributed by atoms with E-state index in [1.807, 2.05) is 55.4 Å². The Morgan fingerprint density at radius 1 is 0.586 bits per heavy atom. The van der Waals surface area contributed by atoms with Crippen molar-refractivity contribution in [2.45, 2.75) is 91.4 Å². The Morgan fingerprint density at radius 3 is 1.21 bits per heavy atom. The zero-order valence-corrected chi connectivity index (χ0v) is 19.8. The van der Waals surface area contributed by atoms with Crippen molar-refractivity contribution in [2.24, 2.45) is 0 Å². The first-order chi connectivity index (χ1) is 13.4. The molecular formula is C20H42O9. The van der Waals surface area contributed by atoms with Crippen LogP contribution in [0.5, 0.6) is 0 Å². The van der Waals surface area contributed by atoms with Gasteiger partial charge in [-0.2, -0.15) is 0 Å². The summed E-state index contributed by atoms with van der Waals surface area (Å²) in [5.41, 5.74) is -0.993. The first kappa shape index (κ1) is 28.6. The Kier molecular flexibility index (Phi) is 14.4. The van der Waals surface area contributed by atoms with E-state index < -0.39 is 36.0 Å². The zero-order valence-electron chi connectivity index (χ0n) is 19.8. The Hall–Kier alpha value is -0.360. The third-order valence-electron chi connectivity index (χ3n) is 3.12. The highest BCUT2D eigenvalue weighted by Crippen LogP contribution is 2.18. The molecule has 0 bridgehead atoms. The second kappa shape index (κ2) is 14.6. The van der Waals surface area contributed by atoms with Gasteiger partial charge < -0.3 is 23.7 Å². The fourth-order valence-electron chi connectivity index (χ4n) is 1.83. The molecule has 4 atom stereocenters. The Labute approximate surface area is 176 Å². The fourth-order valence-corrected chi connectivity index (χ4v) is 1.83. The van der Waals surface area contributed by atoms with Crippen molar-refractivity contribution in [1.29, 1.82) is 0 Å². The molecule has 0 N–H and O–H groups in total. The molecule has 0 aromatic carbocycles. The molecule has 9 heteroatoms. The maximum Gasteiger partial charge on any atom is 0.217 e. The molecular weight excluding hydrogens is 384 g/mol. The summed E-state index contributed by atoms with van der Waals surface area (Å²) in [4.78, 5) is 21.8. The predicted molar refractivity (Wildman–Crippen MR) is 107 cm³/mol. The molecule has 0 fully saturated rings. The Balaban J connectivity index is 4.92. The summed E-state index contributed by atoms with van der Waals surface area (Å²) in [5.74, 6) is 0. The van der Waals surface area contributed by atoms with Crippen molar-refractivity contribution in [3.63, 3.8) is 0 Å². The number of methoxy groups -OCH3 is 2. The summed E-state index contributed by atoms with van der Waals surface area (Å²) >= 11 is 0. The summed E-state index contributed by atoms with van der Waals surface area (Å²) < 4.78 is 27.5. The average molecular weight is 427 g/mol.